The molecule has 0 aliphatic heterocycles. The number of carbonyl (C=O) groups is 2. The number of halogens is 1. The van der Waals surface area contributed by atoms with Crippen LogP contribution in [-0.4, -0.2) is 11.8 Å². The normalized spacial score (nSPS) is 15.4. The average molecular weight is 326 g/mol. The highest BCUT2D eigenvalue weighted by Gasteiger charge is 2.46. The van der Waals surface area contributed by atoms with Crippen molar-refractivity contribution in [2.24, 2.45) is 5.73 Å². The summed E-state index contributed by atoms with van der Waals surface area (Å²) in [5.74, 6) is -1.69. The largest absolute Gasteiger partial charge is 0.366 e. The molecular formula is C19H19FN2O2. The first-order valence-corrected chi connectivity index (χ1v) is 7.91. The second-order valence-corrected chi connectivity index (χ2v) is 6.26. The molecule has 1 saturated carbocycles. The molecule has 5 heteroatoms. The number of hydrogen-bond donors (Lipinski definition) is 2. The number of anilines is 1. The number of rotatable bonds is 4. The molecule has 0 saturated heterocycles. The molecule has 2 aromatic carbocycles. The van der Waals surface area contributed by atoms with Gasteiger partial charge in [-0.25, -0.2) is 4.39 Å². The summed E-state index contributed by atoms with van der Waals surface area (Å²) in [6, 6.07) is 11.7. The van der Waals surface area contributed by atoms with Crippen molar-refractivity contribution < 1.29 is 14.0 Å². The van der Waals surface area contributed by atoms with E-state index in [9.17, 15) is 14.0 Å². The fraction of sp³-hybridized carbons (Fsp3) is 0.263. The van der Waals surface area contributed by atoms with Gasteiger partial charge in [0.2, 0.25) is 5.91 Å². The van der Waals surface area contributed by atoms with E-state index in [1.165, 1.54) is 12.1 Å². The summed E-state index contributed by atoms with van der Waals surface area (Å²) in [6.07, 6.45) is 2.53. The molecule has 0 unspecified atom stereocenters. The number of nitrogens with two attached hydrogens (primary N) is 1. The topological polar surface area (TPSA) is 72.2 Å². The zero-order valence-electron chi connectivity index (χ0n) is 13.4. The standard InChI is InChI=1S/C19H19FN2O2/c1-12-5-2-3-6-15(12)19(9-4-10-19)18(24)22-13-7-8-16(20)14(11-13)17(21)23/h2-3,5-8,11H,4,9-10H2,1H3,(H2,21,23)(H,22,24). The molecule has 1 fully saturated rings. The molecule has 24 heavy (non-hydrogen) atoms. The molecule has 0 bridgehead atoms. The highest BCUT2D eigenvalue weighted by Crippen LogP contribution is 2.45. The first-order valence-electron chi connectivity index (χ1n) is 7.91. The van der Waals surface area contributed by atoms with Crippen molar-refractivity contribution in [1.82, 2.24) is 0 Å². The van der Waals surface area contributed by atoms with Crippen LogP contribution >= 0.6 is 0 Å². The van der Waals surface area contributed by atoms with E-state index < -0.39 is 17.1 Å². The van der Waals surface area contributed by atoms with Crippen LogP contribution in [0.3, 0.4) is 0 Å². The van der Waals surface area contributed by atoms with Gasteiger partial charge < -0.3 is 11.1 Å². The van der Waals surface area contributed by atoms with Gasteiger partial charge in [0.25, 0.3) is 5.91 Å². The maximum atomic E-state index is 13.6. The monoisotopic (exact) mass is 326 g/mol. The van der Waals surface area contributed by atoms with Crippen molar-refractivity contribution in [2.45, 2.75) is 31.6 Å². The summed E-state index contributed by atoms with van der Waals surface area (Å²) in [7, 11) is 0. The molecule has 0 heterocycles. The molecule has 0 aromatic heterocycles. The van der Waals surface area contributed by atoms with Gasteiger partial charge in [-0.15, -0.1) is 0 Å². The Morgan fingerprint density at radius 3 is 2.46 bits per heavy atom. The number of hydrogen-bond acceptors (Lipinski definition) is 2. The van der Waals surface area contributed by atoms with Gasteiger partial charge in [0.05, 0.1) is 11.0 Å². The molecule has 124 valence electrons. The lowest BCUT2D eigenvalue weighted by Crippen LogP contribution is -2.46. The summed E-state index contributed by atoms with van der Waals surface area (Å²) >= 11 is 0. The Morgan fingerprint density at radius 2 is 1.88 bits per heavy atom. The van der Waals surface area contributed by atoms with Crippen LogP contribution < -0.4 is 11.1 Å². The molecule has 3 rings (SSSR count). The smallest absolute Gasteiger partial charge is 0.251 e. The highest BCUT2D eigenvalue weighted by molar-refractivity contribution is 6.01. The van der Waals surface area contributed by atoms with Crippen LogP contribution in [0.15, 0.2) is 42.5 Å². The van der Waals surface area contributed by atoms with E-state index in [0.717, 1.165) is 36.5 Å². The second kappa shape index (κ2) is 6.07. The molecular weight excluding hydrogens is 307 g/mol. The minimum Gasteiger partial charge on any atom is -0.366 e. The zero-order chi connectivity index (χ0) is 17.3. The number of primary amides is 1. The summed E-state index contributed by atoms with van der Waals surface area (Å²) in [5, 5.41) is 2.82. The molecule has 4 nitrogen and oxygen atoms in total. The Morgan fingerprint density at radius 1 is 1.17 bits per heavy atom. The highest BCUT2D eigenvalue weighted by atomic mass is 19.1. The van der Waals surface area contributed by atoms with Crippen LogP contribution in [0.25, 0.3) is 0 Å². The number of amides is 2. The van der Waals surface area contributed by atoms with E-state index in [-0.39, 0.29) is 11.5 Å². The van der Waals surface area contributed by atoms with Crippen molar-refractivity contribution in [3.05, 3.63) is 65.0 Å². The fourth-order valence-corrected chi connectivity index (χ4v) is 3.30. The molecule has 2 aromatic rings. The van der Waals surface area contributed by atoms with Gasteiger partial charge >= 0.3 is 0 Å². The van der Waals surface area contributed by atoms with E-state index in [4.69, 9.17) is 5.73 Å². The summed E-state index contributed by atoms with van der Waals surface area (Å²) in [6.45, 7) is 1.99. The fourth-order valence-electron chi connectivity index (χ4n) is 3.30. The summed E-state index contributed by atoms with van der Waals surface area (Å²) in [4.78, 5) is 24.2. The van der Waals surface area contributed by atoms with Gasteiger partial charge in [-0.3, -0.25) is 9.59 Å². The third-order valence-corrected chi connectivity index (χ3v) is 4.79. The first kappa shape index (κ1) is 16.2. The minimum absolute atomic E-state index is 0.134. The summed E-state index contributed by atoms with van der Waals surface area (Å²) < 4.78 is 13.6. The van der Waals surface area contributed by atoms with E-state index in [1.807, 2.05) is 31.2 Å². The lowest BCUT2D eigenvalue weighted by Gasteiger charge is -2.41. The number of nitrogens with one attached hydrogen (secondary N) is 1. The van der Waals surface area contributed by atoms with Crippen molar-refractivity contribution in [1.29, 1.82) is 0 Å². The maximum absolute atomic E-state index is 13.6. The minimum atomic E-state index is -0.860. The van der Waals surface area contributed by atoms with Crippen LogP contribution in [-0.2, 0) is 10.2 Å². The van der Waals surface area contributed by atoms with E-state index >= 15 is 0 Å². The van der Waals surface area contributed by atoms with Gasteiger partial charge in [0.15, 0.2) is 0 Å². The Bertz CT molecular complexity index is 813. The predicted molar refractivity (Wildman–Crippen MR) is 90.3 cm³/mol. The molecule has 1 aliphatic rings. The van der Waals surface area contributed by atoms with Crippen molar-refractivity contribution in [3.8, 4) is 0 Å². The predicted octanol–water partition coefficient (Wildman–Crippen LogP) is 3.29. The Hall–Kier alpha value is -2.69. The third kappa shape index (κ3) is 2.66. The Balaban J connectivity index is 1.90. The van der Waals surface area contributed by atoms with Crippen LogP contribution in [0, 0.1) is 12.7 Å². The first-order chi connectivity index (χ1) is 11.4. The van der Waals surface area contributed by atoms with Gasteiger partial charge in [-0.1, -0.05) is 30.7 Å². The van der Waals surface area contributed by atoms with Crippen LogP contribution in [0.5, 0.6) is 0 Å². The summed E-state index contributed by atoms with van der Waals surface area (Å²) in [5.41, 5.74) is 6.83. The molecule has 3 N–H and O–H groups in total. The number of benzene rings is 2. The van der Waals surface area contributed by atoms with Crippen LogP contribution in [0.2, 0.25) is 0 Å². The quantitative estimate of drug-likeness (QED) is 0.905. The van der Waals surface area contributed by atoms with Gasteiger partial charge in [-0.2, -0.15) is 0 Å². The SMILES string of the molecule is Cc1ccccc1C1(C(=O)Nc2ccc(F)c(C(N)=O)c2)CCC1. The Kier molecular flexibility index (Phi) is 4.09. The van der Waals surface area contributed by atoms with Crippen molar-refractivity contribution in [3.63, 3.8) is 0 Å². The van der Waals surface area contributed by atoms with Crippen LogP contribution in [0.1, 0.15) is 40.7 Å². The Labute approximate surface area is 139 Å². The zero-order valence-corrected chi connectivity index (χ0v) is 13.4. The number of carbonyl (C=O) groups excluding carboxylic acids is 2. The molecule has 0 spiro atoms. The lowest BCUT2D eigenvalue weighted by molar-refractivity contribution is -0.124. The van der Waals surface area contributed by atoms with E-state index in [2.05, 4.69) is 5.32 Å². The lowest BCUT2D eigenvalue weighted by atomic mass is 9.62. The van der Waals surface area contributed by atoms with Crippen molar-refractivity contribution in [2.75, 3.05) is 5.32 Å². The van der Waals surface area contributed by atoms with E-state index in [0.29, 0.717) is 5.69 Å². The van der Waals surface area contributed by atoms with Gasteiger partial charge in [0, 0.05) is 5.69 Å². The van der Waals surface area contributed by atoms with Crippen molar-refractivity contribution >= 4 is 17.5 Å². The molecule has 0 atom stereocenters. The second-order valence-electron chi connectivity index (χ2n) is 6.26. The molecule has 2 amide bonds. The maximum Gasteiger partial charge on any atom is 0.251 e. The van der Waals surface area contributed by atoms with Gasteiger partial charge in [0.1, 0.15) is 5.82 Å². The third-order valence-electron chi connectivity index (χ3n) is 4.79. The van der Waals surface area contributed by atoms with Gasteiger partial charge in [-0.05, 0) is 49.1 Å². The molecule has 1 aliphatic carbocycles. The molecule has 0 radical (unpaired) electrons. The van der Waals surface area contributed by atoms with E-state index in [1.54, 1.807) is 0 Å². The van der Waals surface area contributed by atoms with Crippen LogP contribution in [0.4, 0.5) is 10.1 Å². The average Bonchev–Trinajstić information content (AvgIpc) is 2.49. The number of aryl methyl sites for hydroxylation is 1.